The lowest BCUT2D eigenvalue weighted by molar-refractivity contribution is -0.479. The van der Waals surface area contributed by atoms with Crippen molar-refractivity contribution in [3.05, 3.63) is 0 Å². The fraction of sp³-hybridized carbons (Fsp3) is 1.00. The van der Waals surface area contributed by atoms with Crippen LogP contribution in [0.2, 0.25) is 0 Å². The highest BCUT2D eigenvalue weighted by Gasteiger charge is 2.53. The Bertz CT molecular complexity index is 180. The third-order valence-electron chi connectivity index (χ3n) is 2.00. The van der Waals surface area contributed by atoms with Crippen molar-refractivity contribution in [2.24, 2.45) is 0 Å². The van der Waals surface area contributed by atoms with Crippen LogP contribution in [-0.2, 0) is 18.9 Å². The number of aliphatic hydroxyl groups is 2. The molecule has 2 unspecified atom stereocenters. The van der Waals surface area contributed by atoms with Gasteiger partial charge in [-0.15, -0.1) is 0 Å². The van der Waals surface area contributed by atoms with Gasteiger partial charge in [0.05, 0.1) is 6.61 Å². The molecule has 6 heteroatoms. The van der Waals surface area contributed by atoms with Crippen molar-refractivity contribution in [2.45, 2.75) is 32.0 Å². The number of rotatable bonds is 9. The third kappa shape index (κ3) is 3.65. The SMILES string of the molecule is CCCOC(O)(OC)C(O)(COC)OCC. The zero-order valence-corrected chi connectivity index (χ0v) is 10.4. The molecule has 0 spiro atoms. The van der Waals surface area contributed by atoms with Gasteiger partial charge in [0.15, 0.2) is 0 Å². The predicted octanol–water partition coefficient (Wildman–Crippen LogP) is 0.0770. The van der Waals surface area contributed by atoms with Crippen LogP contribution in [0.15, 0.2) is 0 Å². The molecule has 16 heavy (non-hydrogen) atoms. The van der Waals surface area contributed by atoms with Crippen LogP contribution in [0.3, 0.4) is 0 Å². The second kappa shape index (κ2) is 7.16. The Morgan fingerprint density at radius 1 is 1.06 bits per heavy atom. The Labute approximate surface area is 96.1 Å². The summed E-state index contributed by atoms with van der Waals surface area (Å²) in [6.45, 7) is 3.68. The van der Waals surface area contributed by atoms with Crippen LogP contribution in [-0.4, -0.2) is 56.0 Å². The van der Waals surface area contributed by atoms with E-state index in [-0.39, 0.29) is 19.8 Å². The monoisotopic (exact) mass is 238 g/mol. The maximum atomic E-state index is 10.1. The Morgan fingerprint density at radius 2 is 1.69 bits per heavy atom. The zero-order chi connectivity index (χ0) is 12.7. The first-order valence-corrected chi connectivity index (χ1v) is 5.26. The van der Waals surface area contributed by atoms with E-state index in [9.17, 15) is 10.2 Å². The minimum absolute atomic E-state index is 0.182. The molecule has 0 saturated heterocycles. The highest BCUT2D eigenvalue weighted by molar-refractivity contribution is 4.78. The summed E-state index contributed by atoms with van der Waals surface area (Å²) in [5, 5.41) is 20.1. The number of methoxy groups -OCH3 is 2. The minimum Gasteiger partial charge on any atom is -0.379 e. The van der Waals surface area contributed by atoms with E-state index in [1.807, 2.05) is 6.92 Å². The zero-order valence-electron chi connectivity index (χ0n) is 10.4. The molecular formula is C10H22O6. The van der Waals surface area contributed by atoms with E-state index in [2.05, 4.69) is 0 Å². The fourth-order valence-electron chi connectivity index (χ4n) is 1.23. The van der Waals surface area contributed by atoms with E-state index in [1.54, 1.807) is 6.92 Å². The highest BCUT2D eigenvalue weighted by atomic mass is 16.9. The normalized spacial score (nSPS) is 19.1. The topological polar surface area (TPSA) is 77.4 Å². The Kier molecular flexibility index (Phi) is 7.05. The quantitative estimate of drug-likeness (QED) is 0.554. The van der Waals surface area contributed by atoms with Crippen molar-refractivity contribution in [1.82, 2.24) is 0 Å². The van der Waals surface area contributed by atoms with Gasteiger partial charge in [-0.1, -0.05) is 6.92 Å². The maximum Gasteiger partial charge on any atom is 0.340 e. The van der Waals surface area contributed by atoms with Crippen molar-refractivity contribution in [1.29, 1.82) is 0 Å². The molecule has 0 amide bonds. The van der Waals surface area contributed by atoms with Crippen LogP contribution < -0.4 is 0 Å². The van der Waals surface area contributed by atoms with Crippen LogP contribution in [0, 0.1) is 0 Å². The van der Waals surface area contributed by atoms with Gasteiger partial charge in [-0.05, 0) is 13.3 Å². The number of hydrogen-bond donors (Lipinski definition) is 2. The maximum absolute atomic E-state index is 10.1. The van der Waals surface area contributed by atoms with E-state index in [4.69, 9.17) is 18.9 Å². The van der Waals surface area contributed by atoms with Gasteiger partial charge in [0, 0.05) is 20.8 Å². The number of hydrogen-bond acceptors (Lipinski definition) is 6. The molecule has 6 nitrogen and oxygen atoms in total. The van der Waals surface area contributed by atoms with E-state index in [0.717, 1.165) is 0 Å². The van der Waals surface area contributed by atoms with Crippen LogP contribution in [0.5, 0.6) is 0 Å². The van der Waals surface area contributed by atoms with Gasteiger partial charge in [0.25, 0.3) is 5.79 Å². The molecule has 0 radical (unpaired) electrons. The smallest absolute Gasteiger partial charge is 0.340 e. The average Bonchev–Trinajstić information content (AvgIpc) is 2.26. The van der Waals surface area contributed by atoms with Gasteiger partial charge in [0.1, 0.15) is 6.61 Å². The second-order valence-electron chi connectivity index (χ2n) is 3.28. The Morgan fingerprint density at radius 3 is 2.06 bits per heavy atom. The van der Waals surface area contributed by atoms with E-state index >= 15 is 0 Å². The lowest BCUT2D eigenvalue weighted by Crippen LogP contribution is -2.61. The summed E-state index contributed by atoms with van der Waals surface area (Å²) in [7, 11) is 2.59. The van der Waals surface area contributed by atoms with Gasteiger partial charge >= 0.3 is 5.97 Å². The molecule has 0 fully saturated rings. The number of ether oxygens (including phenoxy) is 4. The van der Waals surface area contributed by atoms with Gasteiger partial charge in [-0.3, -0.25) is 0 Å². The van der Waals surface area contributed by atoms with Gasteiger partial charge in [-0.25, -0.2) is 0 Å². The second-order valence-corrected chi connectivity index (χ2v) is 3.28. The van der Waals surface area contributed by atoms with Crippen LogP contribution in [0.25, 0.3) is 0 Å². The van der Waals surface area contributed by atoms with Crippen molar-refractivity contribution >= 4 is 0 Å². The summed E-state index contributed by atoms with van der Waals surface area (Å²) < 4.78 is 19.7. The molecule has 98 valence electrons. The largest absolute Gasteiger partial charge is 0.379 e. The van der Waals surface area contributed by atoms with E-state index < -0.39 is 11.8 Å². The first-order valence-electron chi connectivity index (χ1n) is 5.26. The molecule has 0 aromatic rings. The molecule has 0 rings (SSSR count). The molecule has 0 aliphatic carbocycles. The average molecular weight is 238 g/mol. The molecule has 0 aliphatic rings. The first kappa shape index (κ1) is 15.8. The molecule has 0 aromatic carbocycles. The Balaban J connectivity index is 4.79. The molecular weight excluding hydrogens is 216 g/mol. The predicted molar refractivity (Wildman–Crippen MR) is 56.7 cm³/mol. The van der Waals surface area contributed by atoms with Gasteiger partial charge in [-0.2, -0.15) is 0 Å². The van der Waals surface area contributed by atoms with Crippen LogP contribution in [0.1, 0.15) is 20.3 Å². The minimum atomic E-state index is -2.24. The molecule has 0 heterocycles. The van der Waals surface area contributed by atoms with E-state index in [1.165, 1.54) is 14.2 Å². The summed E-state index contributed by atoms with van der Waals surface area (Å²) >= 11 is 0. The third-order valence-corrected chi connectivity index (χ3v) is 2.00. The summed E-state index contributed by atoms with van der Waals surface area (Å²) in [6, 6.07) is 0. The van der Waals surface area contributed by atoms with Crippen molar-refractivity contribution < 1.29 is 29.2 Å². The van der Waals surface area contributed by atoms with Crippen molar-refractivity contribution in [2.75, 3.05) is 34.0 Å². The molecule has 2 N–H and O–H groups in total. The highest BCUT2D eigenvalue weighted by Crippen LogP contribution is 2.27. The molecule has 0 aliphatic heterocycles. The standard InChI is InChI=1S/C10H22O6/c1-5-7-16-10(12,14-4)9(11,8-13-3)15-6-2/h11-12H,5-8H2,1-4H3. The van der Waals surface area contributed by atoms with E-state index in [0.29, 0.717) is 6.42 Å². The summed E-state index contributed by atoms with van der Waals surface area (Å²) in [5.41, 5.74) is 0. The summed E-state index contributed by atoms with van der Waals surface area (Å²) in [6.07, 6.45) is 0.668. The summed E-state index contributed by atoms with van der Waals surface area (Å²) in [5.74, 6) is -4.30. The van der Waals surface area contributed by atoms with Crippen molar-refractivity contribution in [3.8, 4) is 0 Å². The fourth-order valence-corrected chi connectivity index (χ4v) is 1.23. The van der Waals surface area contributed by atoms with Gasteiger partial charge < -0.3 is 29.2 Å². The molecule has 2 atom stereocenters. The van der Waals surface area contributed by atoms with Gasteiger partial charge in [0.2, 0.25) is 0 Å². The van der Waals surface area contributed by atoms with Crippen LogP contribution >= 0.6 is 0 Å². The van der Waals surface area contributed by atoms with Crippen molar-refractivity contribution in [3.63, 3.8) is 0 Å². The molecule has 0 bridgehead atoms. The molecule has 0 saturated carbocycles. The lowest BCUT2D eigenvalue weighted by Gasteiger charge is -2.39. The molecule has 0 aromatic heterocycles. The van der Waals surface area contributed by atoms with Crippen LogP contribution in [0.4, 0.5) is 0 Å². The summed E-state index contributed by atoms with van der Waals surface area (Å²) in [4.78, 5) is 0. The lowest BCUT2D eigenvalue weighted by atomic mass is 10.2. The Hall–Kier alpha value is -0.240. The first-order chi connectivity index (χ1) is 7.49.